The highest BCUT2D eigenvalue weighted by molar-refractivity contribution is 6.00. The molecule has 3 N–H and O–H groups in total. The van der Waals surface area contributed by atoms with E-state index in [1.807, 2.05) is 49.4 Å². The average Bonchev–Trinajstić information content (AvgIpc) is 2.90. The molecule has 8 heteroatoms. The highest BCUT2D eigenvalue weighted by Gasteiger charge is 2.38. The second-order valence-electron chi connectivity index (χ2n) is 12.4. The van der Waals surface area contributed by atoms with E-state index in [9.17, 15) is 19.5 Å². The van der Waals surface area contributed by atoms with Gasteiger partial charge in [0.2, 0.25) is 5.91 Å². The van der Waals surface area contributed by atoms with Gasteiger partial charge in [0.15, 0.2) is 0 Å². The lowest BCUT2D eigenvalue weighted by Gasteiger charge is -2.38. The van der Waals surface area contributed by atoms with Crippen molar-refractivity contribution in [3.8, 4) is 5.75 Å². The number of amides is 3. The summed E-state index contributed by atoms with van der Waals surface area (Å²) in [6.45, 7) is 14.7. The van der Waals surface area contributed by atoms with Crippen molar-refractivity contribution in [1.29, 1.82) is 0 Å². The number of anilines is 1. The zero-order valence-electron chi connectivity index (χ0n) is 26.0. The van der Waals surface area contributed by atoms with Crippen LogP contribution in [0.5, 0.6) is 5.75 Å². The predicted octanol–water partition coefficient (Wildman–Crippen LogP) is 7.10. The quantitative estimate of drug-likeness (QED) is 0.239. The van der Waals surface area contributed by atoms with Crippen molar-refractivity contribution in [1.82, 2.24) is 10.2 Å². The summed E-state index contributed by atoms with van der Waals surface area (Å²) in [6.07, 6.45) is 0.780. The number of rotatable bonds is 10. The molecule has 3 aromatic rings. The SMILES string of the molecule is Cc1cc(C(C(=O)Nc2ccc3ccccc3c2)N(C(=O)C(C)NC(=O)OC(C)(C)C)C(C)CCC(C)C)ccc1O. The van der Waals surface area contributed by atoms with Crippen LogP contribution in [0.15, 0.2) is 60.7 Å². The average molecular weight is 576 g/mol. The van der Waals surface area contributed by atoms with Crippen LogP contribution < -0.4 is 10.6 Å². The number of ether oxygens (including phenoxy) is 1. The second-order valence-corrected chi connectivity index (χ2v) is 12.4. The molecule has 0 radical (unpaired) electrons. The van der Waals surface area contributed by atoms with Crippen molar-refractivity contribution in [3.63, 3.8) is 0 Å². The smallest absolute Gasteiger partial charge is 0.408 e. The summed E-state index contributed by atoms with van der Waals surface area (Å²) in [5, 5.41) is 17.9. The van der Waals surface area contributed by atoms with E-state index in [0.29, 0.717) is 29.2 Å². The normalized spacial score (nSPS) is 13.7. The van der Waals surface area contributed by atoms with E-state index in [1.165, 1.54) is 6.07 Å². The van der Waals surface area contributed by atoms with E-state index in [-0.39, 0.29) is 11.8 Å². The van der Waals surface area contributed by atoms with Gasteiger partial charge in [-0.3, -0.25) is 9.59 Å². The number of phenols is 1. The molecule has 0 aliphatic carbocycles. The van der Waals surface area contributed by atoms with Crippen molar-refractivity contribution in [2.75, 3.05) is 5.32 Å². The molecule has 0 aliphatic rings. The molecule has 8 nitrogen and oxygen atoms in total. The van der Waals surface area contributed by atoms with Crippen LogP contribution in [0.2, 0.25) is 0 Å². The molecule has 226 valence electrons. The Hall–Kier alpha value is -4.07. The Morgan fingerprint density at radius 3 is 2.19 bits per heavy atom. The Morgan fingerprint density at radius 1 is 0.905 bits per heavy atom. The molecule has 0 aromatic heterocycles. The number of benzene rings is 3. The van der Waals surface area contributed by atoms with Gasteiger partial charge in [-0.1, -0.05) is 50.2 Å². The van der Waals surface area contributed by atoms with Gasteiger partial charge in [-0.15, -0.1) is 0 Å². The Morgan fingerprint density at radius 2 is 1.57 bits per heavy atom. The zero-order valence-corrected chi connectivity index (χ0v) is 26.0. The number of nitrogens with one attached hydrogen (secondary N) is 2. The van der Waals surface area contributed by atoms with E-state index < -0.39 is 35.6 Å². The van der Waals surface area contributed by atoms with Gasteiger partial charge >= 0.3 is 6.09 Å². The molecule has 3 aromatic carbocycles. The van der Waals surface area contributed by atoms with Gasteiger partial charge in [0.05, 0.1) is 0 Å². The van der Waals surface area contributed by atoms with Crippen LogP contribution in [-0.4, -0.2) is 45.6 Å². The lowest BCUT2D eigenvalue weighted by molar-refractivity contribution is -0.143. The molecule has 0 spiro atoms. The van der Waals surface area contributed by atoms with Crippen molar-refractivity contribution in [3.05, 3.63) is 71.8 Å². The number of hydrogen-bond acceptors (Lipinski definition) is 5. The van der Waals surface area contributed by atoms with Crippen molar-refractivity contribution < 1.29 is 24.2 Å². The first-order chi connectivity index (χ1) is 19.7. The molecular weight excluding hydrogens is 530 g/mol. The fraction of sp³-hybridized carbons (Fsp3) is 0.441. The lowest BCUT2D eigenvalue weighted by Crippen LogP contribution is -2.54. The molecule has 3 unspecified atom stereocenters. The van der Waals surface area contributed by atoms with Gasteiger partial charge in [0, 0.05) is 11.7 Å². The number of phenolic OH excluding ortho intramolecular Hbond substituents is 1. The first-order valence-electron chi connectivity index (χ1n) is 14.6. The number of hydrogen-bond donors (Lipinski definition) is 3. The van der Waals surface area contributed by atoms with E-state index in [1.54, 1.807) is 51.7 Å². The monoisotopic (exact) mass is 575 g/mol. The standard InChI is InChI=1S/C34H45N3O5/c1-21(2)13-14-23(4)37(32(40)24(5)35-33(41)42-34(6,7)8)30(27-16-18-29(38)22(3)19-27)31(39)36-28-17-15-25-11-9-10-12-26(25)20-28/h9-12,15-21,23-24,30,38H,13-14H2,1-8H3,(H,35,41)(H,36,39). The Labute approximate surface area is 249 Å². The number of aryl methyl sites for hydroxylation is 1. The molecule has 3 atom stereocenters. The Kier molecular flexibility index (Phi) is 10.6. The van der Waals surface area contributed by atoms with Gasteiger partial charge in [-0.05, 0) is 106 Å². The number of aromatic hydroxyl groups is 1. The Bertz CT molecular complexity index is 1410. The third-order valence-corrected chi connectivity index (χ3v) is 7.07. The van der Waals surface area contributed by atoms with Gasteiger partial charge in [0.25, 0.3) is 5.91 Å². The zero-order chi connectivity index (χ0) is 31.2. The van der Waals surface area contributed by atoms with Crippen LogP contribution in [0.3, 0.4) is 0 Å². The molecular formula is C34H45N3O5. The highest BCUT2D eigenvalue weighted by Crippen LogP contribution is 2.31. The summed E-state index contributed by atoms with van der Waals surface area (Å²) in [6, 6.07) is 16.1. The lowest BCUT2D eigenvalue weighted by atomic mass is 9.96. The second kappa shape index (κ2) is 13.7. The van der Waals surface area contributed by atoms with E-state index in [0.717, 1.165) is 17.2 Å². The fourth-order valence-corrected chi connectivity index (χ4v) is 4.85. The number of fused-ring (bicyclic) bond motifs is 1. The molecule has 3 amide bonds. The maximum absolute atomic E-state index is 14.2. The molecule has 0 heterocycles. The maximum Gasteiger partial charge on any atom is 0.408 e. The highest BCUT2D eigenvalue weighted by atomic mass is 16.6. The third kappa shape index (κ3) is 8.71. The molecule has 42 heavy (non-hydrogen) atoms. The van der Waals surface area contributed by atoms with Gasteiger partial charge in [-0.25, -0.2) is 4.79 Å². The third-order valence-electron chi connectivity index (χ3n) is 7.07. The first-order valence-corrected chi connectivity index (χ1v) is 14.6. The summed E-state index contributed by atoms with van der Waals surface area (Å²) in [5.74, 6) is -0.327. The molecule has 0 saturated carbocycles. The number of nitrogens with zero attached hydrogens (tertiary/aromatic N) is 1. The van der Waals surface area contributed by atoms with Gasteiger partial charge < -0.3 is 25.4 Å². The van der Waals surface area contributed by atoms with E-state index in [2.05, 4.69) is 24.5 Å². The van der Waals surface area contributed by atoms with Crippen molar-refractivity contribution in [2.24, 2.45) is 5.92 Å². The van der Waals surface area contributed by atoms with Gasteiger partial charge in [0.1, 0.15) is 23.4 Å². The van der Waals surface area contributed by atoms with Crippen molar-refractivity contribution >= 4 is 34.4 Å². The number of carbonyl (C=O) groups is 3. The summed E-state index contributed by atoms with van der Waals surface area (Å²) in [4.78, 5) is 42.5. The summed E-state index contributed by atoms with van der Waals surface area (Å²) >= 11 is 0. The topological polar surface area (TPSA) is 108 Å². The van der Waals surface area contributed by atoms with E-state index in [4.69, 9.17) is 4.74 Å². The minimum Gasteiger partial charge on any atom is -0.508 e. The molecule has 0 saturated heterocycles. The minimum absolute atomic E-state index is 0.0955. The fourth-order valence-electron chi connectivity index (χ4n) is 4.85. The van der Waals surface area contributed by atoms with Crippen LogP contribution in [0.1, 0.15) is 78.5 Å². The minimum atomic E-state index is -1.03. The van der Waals surface area contributed by atoms with E-state index >= 15 is 0 Å². The molecule has 0 aliphatic heterocycles. The largest absolute Gasteiger partial charge is 0.508 e. The van der Waals surface area contributed by atoms with Crippen LogP contribution in [0.4, 0.5) is 10.5 Å². The van der Waals surface area contributed by atoms with Crippen LogP contribution in [0.25, 0.3) is 10.8 Å². The van der Waals surface area contributed by atoms with Gasteiger partial charge in [-0.2, -0.15) is 0 Å². The van der Waals surface area contributed by atoms with Crippen molar-refractivity contribution in [2.45, 2.75) is 92.0 Å². The van der Waals surface area contributed by atoms with Crippen LogP contribution in [-0.2, 0) is 14.3 Å². The predicted molar refractivity (Wildman–Crippen MR) is 167 cm³/mol. The maximum atomic E-state index is 14.2. The summed E-state index contributed by atoms with van der Waals surface area (Å²) < 4.78 is 5.39. The first kappa shape index (κ1) is 32.4. The number of alkyl carbamates (subject to hydrolysis) is 1. The number of carbonyl (C=O) groups excluding carboxylic acids is 3. The van der Waals surface area contributed by atoms with Crippen LogP contribution in [0, 0.1) is 12.8 Å². The Balaban J connectivity index is 2.05. The summed E-state index contributed by atoms with van der Waals surface area (Å²) in [5.41, 5.74) is 1.00. The molecule has 3 rings (SSSR count). The van der Waals surface area contributed by atoms with Crippen LogP contribution >= 0.6 is 0 Å². The molecule has 0 bridgehead atoms. The molecule has 0 fully saturated rings. The summed E-state index contributed by atoms with van der Waals surface area (Å²) in [7, 11) is 0.